The highest BCUT2D eigenvalue weighted by Crippen LogP contribution is 2.15. The lowest BCUT2D eigenvalue weighted by molar-refractivity contribution is -0.121. The summed E-state index contributed by atoms with van der Waals surface area (Å²) in [5.74, 6) is 0.0157. The van der Waals surface area contributed by atoms with Gasteiger partial charge in [0.25, 0.3) is 0 Å². The number of nitrogens with one attached hydrogen (secondary N) is 1. The molecule has 2 N–H and O–H groups in total. The van der Waals surface area contributed by atoms with Crippen molar-refractivity contribution in [1.29, 1.82) is 0 Å². The second kappa shape index (κ2) is 6.17. The fraction of sp³-hybridized carbons (Fsp3) is 0.533. The van der Waals surface area contributed by atoms with Gasteiger partial charge in [0.05, 0.1) is 12.1 Å². The standard InChI is InChI=1S/C15H22N2O2/c1-11-4-3-5-13(10-11)16-15(19)12(2)17-8-6-14(18)7-9-17/h3-5,10,12,14,18H,6-9H2,1-2H3,(H,16,19). The molecule has 0 saturated carbocycles. The van der Waals surface area contributed by atoms with Crippen LogP contribution in [0.15, 0.2) is 24.3 Å². The van der Waals surface area contributed by atoms with Crippen LogP contribution in [-0.2, 0) is 4.79 Å². The zero-order valence-corrected chi connectivity index (χ0v) is 11.6. The van der Waals surface area contributed by atoms with Crippen molar-refractivity contribution in [3.05, 3.63) is 29.8 Å². The molecule has 1 aromatic rings. The van der Waals surface area contributed by atoms with Crippen molar-refractivity contribution in [3.8, 4) is 0 Å². The number of aliphatic hydroxyl groups is 1. The third kappa shape index (κ3) is 3.78. The Bertz CT molecular complexity index is 440. The molecule has 0 spiro atoms. The maximum absolute atomic E-state index is 12.2. The monoisotopic (exact) mass is 262 g/mol. The van der Waals surface area contributed by atoms with E-state index in [9.17, 15) is 9.90 Å². The van der Waals surface area contributed by atoms with E-state index in [2.05, 4.69) is 10.2 Å². The first-order chi connectivity index (χ1) is 9.06. The molecular weight excluding hydrogens is 240 g/mol. The molecule has 19 heavy (non-hydrogen) atoms. The van der Waals surface area contributed by atoms with Gasteiger partial charge >= 0.3 is 0 Å². The van der Waals surface area contributed by atoms with Crippen LogP contribution in [0.5, 0.6) is 0 Å². The summed E-state index contributed by atoms with van der Waals surface area (Å²) in [7, 11) is 0. The van der Waals surface area contributed by atoms with Crippen LogP contribution in [0.3, 0.4) is 0 Å². The molecule has 0 bridgehead atoms. The van der Waals surface area contributed by atoms with Crippen molar-refractivity contribution >= 4 is 11.6 Å². The fourth-order valence-corrected chi connectivity index (χ4v) is 2.41. The summed E-state index contributed by atoms with van der Waals surface area (Å²) >= 11 is 0. The number of anilines is 1. The first-order valence-corrected chi connectivity index (χ1v) is 6.86. The first kappa shape index (κ1) is 14.0. The van der Waals surface area contributed by atoms with Crippen molar-refractivity contribution < 1.29 is 9.90 Å². The molecule has 0 radical (unpaired) electrons. The van der Waals surface area contributed by atoms with E-state index < -0.39 is 0 Å². The third-order valence-electron chi connectivity index (χ3n) is 3.71. The van der Waals surface area contributed by atoms with E-state index in [1.54, 1.807) is 0 Å². The predicted octanol–water partition coefficient (Wildman–Crippen LogP) is 1.78. The summed E-state index contributed by atoms with van der Waals surface area (Å²) < 4.78 is 0. The number of nitrogens with zero attached hydrogens (tertiary/aromatic N) is 1. The van der Waals surface area contributed by atoms with Gasteiger partial charge in [0.1, 0.15) is 0 Å². The van der Waals surface area contributed by atoms with Gasteiger partial charge in [0.15, 0.2) is 0 Å². The maximum Gasteiger partial charge on any atom is 0.241 e. The minimum atomic E-state index is -0.205. The molecule has 1 aliphatic rings. The second-order valence-corrected chi connectivity index (χ2v) is 5.30. The molecule has 1 amide bonds. The van der Waals surface area contributed by atoms with Crippen LogP contribution in [0.25, 0.3) is 0 Å². The van der Waals surface area contributed by atoms with Crippen molar-refractivity contribution in [1.82, 2.24) is 4.90 Å². The smallest absolute Gasteiger partial charge is 0.241 e. The zero-order valence-electron chi connectivity index (χ0n) is 11.6. The topological polar surface area (TPSA) is 52.6 Å². The van der Waals surface area contributed by atoms with Crippen LogP contribution >= 0.6 is 0 Å². The molecular formula is C15H22N2O2. The summed E-state index contributed by atoms with van der Waals surface area (Å²) in [4.78, 5) is 14.3. The lowest BCUT2D eigenvalue weighted by Gasteiger charge is -2.33. The van der Waals surface area contributed by atoms with Gasteiger partial charge in [-0.1, -0.05) is 12.1 Å². The minimum Gasteiger partial charge on any atom is -0.393 e. The largest absolute Gasteiger partial charge is 0.393 e. The van der Waals surface area contributed by atoms with E-state index in [1.807, 2.05) is 38.1 Å². The van der Waals surface area contributed by atoms with Crippen molar-refractivity contribution in [2.45, 2.75) is 38.8 Å². The minimum absolute atomic E-state index is 0.0157. The van der Waals surface area contributed by atoms with E-state index in [4.69, 9.17) is 0 Å². The second-order valence-electron chi connectivity index (χ2n) is 5.30. The molecule has 4 heteroatoms. The van der Waals surface area contributed by atoms with Crippen LogP contribution < -0.4 is 5.32 Å². The van der Waals surface area contributed by atoms with Gasteiger partial charge in [-0.15, -0.1) is 0 Å². The highest BCUT2D eigenvalue weighted by Gasteiger charge is 2.25. The van der Waals surface area contributed by atoms with E-state index in [0.717, 1.165) is 37.2 Å². The average molecular weight is 262 g/mol. The van der Waals surface area contributed by atoms with E-state index in [-0.39, 0.29) is 18.1 Å². The quantitative estimate of drug-likeness (QED) is 0.873. The van der Waals surface area contributed by atoms with Gasteiger partial charge in [-0.05, 0) is 44.4 Å². The fourth-order valence-electron chi connectivity index (χ4n) is 2.41. The Labute approximate surface area is 114 Å². The normalized spacial score (nSPS) is 19.1. The van der Waals surface area contributed by atoms with Gasteiger partial charge in [-0.2, -0.15) is 0 Å². The highest BCUT2D eigenvalue weighted by atomic mass is 16.3. The Morgan fingerprint density at radius 1 is 1.42 bits per heavy atom. The number of hydrogen-bond acceptors (Lipinski definition) is 3. The molecule has 4 nitrogen and oxygen atoms in total. The van der Waals surface area contributed by atoms with Crippen molar-refractivity contribution in [2.75, 3.05) is 18.4 Å². The maximum atomic E-state index is 12.2. The third-order valence-corrected chi connectivity index (χ3v) is 3.71. The number of piperidine rings is 1. The van der Waals surface area contributed by atoms with Gasteiger partial charge in [0, 0.05) is 18.8 Å². The first-order valence-electron chi connectivity index (χ1n) is 6.86. The molecule has 0 aliphatic carbocycles. The number of carbonyl (C=O) groups excluding carboxylic acids is 1. The van der Waals surface area contributed by atoms with E-state index >= 15 is 0 Å². The molecule has 1 unspecified atom stereocenters. The lowest BCUT2D eigenvalue weighted by Crippen LogP contribution is -2.47. The average Bonchev–Trinajstić information content (AvgIpc) is 2.39. The number of benzene rings is 1. The summed E-state index contributed by atoms with van der Waals surface area (Å²) in [6.07, 6.45) is 1.30. The van der Waals surface area contributed by atoms with E-state index in [1.165, 1.54) is 0 Å². The van der Waals surface area contributed by atoms with Crippen LogP contribution in [0.1, 0.15) is 25.3 Å². The predicted molar refractivity (Wildman–Crippen MR) is 76.1 cm³/mol. The molecule has 104 valence electrons. The molecule has 1 aromatic carbocycles. The summed E-state index contributed by atoms with van der Waals surface area (Å²) in [5.41, 5.74) is 1.97. The van der Waals surface area contributed by atoms with Gasteiger partial charge < -0.3 is 10.4 Å². The molecule has 2 rings (SSSR count). The van der Waals surface area contributed by atoms with Crippen LogP contribution in [0.2, 0.25) is 0 Å². The number of aliphatic hydroxyl groups excluding tert-OH is 1. The molecule has 1 saturated heterocycles. The van der Waals surface area contributed by atoms with Gasteiger partial charge in [-0.25, -0.2) is 0 Å². The molecule has 1 aliphatic heterocycles. The molecule has 0 aromatic heterocycles. The Morgan fingerprint density at radius 2 is 2.11 bits per heavy atom. The summed E-state index contributed by atoms with van der Waals surface area (Å²) in [5, 5.41) is 12.4. The molecule has 1 atom stereocenters. The van der Waals surface area contributed by atoms with E-state index in [0.29, 0.717) is 0 Å². The lowest BCUT2D eigenvalue weighted by atomic mass is 10.1. The van der Waals surface area contributed by atoms with Crippen molar-refractivity contribution in [2.24, 2.45) is 0 Å². The number of amides is 1. The van der Waals surface area contributed by atoms with Gasteiger partial charge in [-0.3, -0.25) is 9.69 Å². The Hall–Kier alpha value is -1.39. The Kier molecular flexibility index (Phi) is 4.56. The van der Waals surface area contributed by atoms with Gasteiger partial charge in [0.2, 0.25) is 5.91 Å². The number of aryl methyl sites for hydroxylation is 1. The zero-order chi connectivity index (χ0) is 13.8. The van der Waals surface area contributed by atoms with Crippen molar-refractivity contribution in [3.63, 3.8) is 0 Å². The van der Waals surface area contributed by atoms with Crippen LogP contribution in [0, 0.1) is 6.92 Å². The number of rotatable bonds is 3. The van der Waals surface area contributed by atoms with Crippen LogP contribution in [0.4, 0.5) is 5.69 Å². The Morgan fingerprint density at radius 3 is 2.74 bits per heavy atom. The highest BCUT2D eigenvalue weighted by molar-refractivity contribution is 5.94. The number of likely N-dealkylation sites (tertiary alicyclic amines) is 1. The summed E-state index contributed by atoms with van der Waals surface area (Å²) in [6.45, 7) is 5.49. The number of carbonyl (C=O) groups is 1. The number of hydrogen-bond donors (Lipinski definition) is 2. The summed E-state index contributed by atoms with van der Waals surface area (Å²) in [6, 6.07) is 7.65. The molecule has 1 heterocycles. The SMILES string of the molecule is Cc1cccc(NC(=O)C(C)N2CCC(O)CC2)c1. The Balaban J connectivity index is 1.92. The van der Waals surface area contributed by atoms with Crippen LogP contribution in [-0.4, -0.2) is 41.1 Å². The molecule has 1 fully saturated rings.